The number of hydroxylamine groups is 1. The lowest BCUT2D eigenvalue weighted by atomic mass is 10.7. The largest absolute Gasteiger partial charge is 0.363 e. The normalized spacial score (nSPS) is 23.2. The van der Waals surface area contributed by atoms with Crippen molar-refractivity contribution in [2.75, 3.05) is 7.05 Å². The van der Waals surface area contributed by atoms with Crippen LogP contribution in [0.1, 0.15) is 0 Å². The van der Waals surface area contributed by atoms with Crippen LogP contribution >= 0.6 is 24.2 Å². The highest BCUT2D eigenvalue weighted by molar-refractivity contribution is 7.99. The topological polar surface area (TPSA) is 76.0 Å². The molecule has 1 saturated heterocycles. The zero-order chi connectivity index (χ0) is 9.30. The van der Waals surface area contributed by atoms with Crippen molar-refractivity contribution >= 4 is 35.3 Å². The van der Waals surface area contributed by atoms with Gasteiger partial charge in [0.1, 0.15) is 0 Å². The summed E-state index contributed by atoms with van der Waals surface area (Å²) in [5, 5.41) is 17.6. The number of hydrogen-bond acceptors (Lipinski definition) is 5. The van der Waals surface area contributed by atoms with Crippen molar-refractivity contribution in [3.8, 4) is 0 Å². The van der Waals surface area contributed by atoms with Crippen LogP contribution in [0.5, 0.6) is 0 Å². The number of amides is 2. The van der Waals surface area contributed by atoms with E-state index in [0.29, 0.717) is 0 Å². The van der Waals surface area contributed by atoms with Crippen LogP contribution in [0.25, 0.3) is 0 Å². The molecule has 0 spiro atoms. The Labute approximate surface area is 78.2 Å². The molecule has 12 heavy (non-hydrogen) atoms. The lowest BCUT2D eigenvalue weighted by molar-refractivity contribution is 0.107. The van der Waals surface area contributed by atoms with Gasteiger partial charge in [-0.05, 0) is 12.2 Å². The average molecular weight is 209 g/mol. The third-order valence-electron chi connectivity index (χ3n) is 1.26. The maximum atomic E-state index is 10.9. The van der Waals surface area contributed by atoms with Crippen LogP contribution in [0.3, 0.4) is 0 Å². The van der Waals surface area contributed by atoms with E-state index in [2.05, 4.69) is 0 Å². The van der Waals surface area contributed by atoms with E-state index in [0.717, 1.165) is 16.8 Å². The first-order valence-corrected chi connectivity index (χ1v) is 4.18. The van der Waals surface area contributed by atoms with Gasteiger partial charge in [-0.25, -0.2) is 15.2 Å². The molecule has 1 aliphatic heterocycles. The lowest BCUT2D eigenvalue weighted by Gasteiger charge is -2.15. The van der Waals surface area contributed by atoms with Gasteiger partial charge in [-0.2, -0.15) is 0 Å². The number of aliphatic hydroxyl groups excluding tert-OH is 1. The summed E-state index contributed by atoms with van der Waals surface area (Å²) in [5.41, 5.74) is 0.313. The lowest BCUT2D eigenvalue weighted by Crippen LogP contribution is -2.44. The standard InChI is InChI=1S/C4H7N3O3S2/c1-6-3(11)7(2(8)5-10)4(9)12-6/h4,9-10H,1H3,(H,5,8). The molecule has 0 aromatic heterocycles. The zero-order valence-electron chi connectivity index (χ0n) is 6.09. The van der Waals surface area contributed by atoms with E-state index in [1.54, 1.807) is 7.05 Å². The summed E-state index contributed by atoms with van der Waals surface area (Å²) in [5.74, 6) is 0. The fraction of sp³-hybridized carbons (Fsp3) is 0.500. The van der Waals surface area contributed by atoms with E-state index in [1.807, 2.05) is 0 Å². The molecule has 1 aliphatic rings. The number of thiocarbonyl (C=S) groups is 1. The third kappa shape index (κ3) is 1.46. The van der Waals surface area contributed by atoms with Gasteiger partial charge < -0.3 is 5.11 Å². The van der Waals surface area contributed by atoms with E-state index in [4.69, 9.17) is 17.4 Å². The monoisotopic (exact) mass is 209 g/mol. The van der Waals surface area contributed by atoms with Gasteiger partial charge in [-0.15, -0.1) is 0 Å². The van der Waals surface area contributed by atoms with Gasteiger partial charge >= 0.3 is 6.03 Å². The minimum Gasteiger partial charge on any atom is -0.363 e. The van der Waals surface area contributed by atoms with E-state index < -0.39 is 11.6 Å². The first kappa shape index (κ1) is 9.52. The van der Waals surface area contributed by atoms with Gasteiger partial charge in [-0.1, -0.05) is 0 Å². The number of hydrogen-bond donors (Lipinski definition) is 3. The van der Waals surface area contributed by atoms with Crippen LogP contribution in [-0.4, -0.2) is 43.3 Å². The van der Waals surface area contributed by atoms with Crippen molar-refractivity contribution in [2.24, 2.45) is 0 Å². The summed E-state index contributed by atoms with van der Waals surface area (Å²) in [4.78, 5) is 11.7. The SMILES string of the molecule is CN1SC(O)N(C(=O)NO)C1=S. The van der Waals surface area contributed by atoms with Crippen LogP contribution in [-0.2, 0) is 0 Å². The molecule has 6 nitrogen and oxygen atoms in total. The highest BCUT2D eigenvalue weighted by Gasteiger charge is 2.36. The number of urea groups is 1. The predicted molar refractivity (Wildman–Crippen MR) is 46.1 cm³/mol. The molecule has 8 heteroatoms. The fourth-order valence-electron chi connectivity index (χ4n) is 0.721. The average Bonchev–Trinajstić information content (AvgIpc) is 2.26. The second-order valence-corrected chi connectivity index (χ2v) is 3.54. The smallest absolute Gasteiger partial charge is 0.350 e. The van der Waals surface area contributed by atoms with E-state index in [1.165, 1.54) is 9.79 Å². The third-order valence-corrected chi connectivity index (χ3v) is 2.74. The minimum absolute atomic E-state index is 0.152. The van der Waals surface area contributed by atoms with Crippen molar-refractivity contribution in [3.05, 3.63) is 0 Å². The van der Waals surface area contributed by atoms with Gasteiger partial charge in [0.25, 0.3) is 0 Å². The molecule has 0 radical (unpaired) electrons. The molecule has 0 saturated carbocycles. The number of aliphatic hydroxyl groups is 1. The van der Waals surface area contributed by atoms with Gasteiger partial charge in [-0.3, -0.25) is 9.51 Å². The first-order valence-electron chi connectivity index (χ1n) is 2.93. The molecule has 0 bridgehead atoms. The summed E-state index contributed by atoms with van der Waals surface area (Å²) in [6.45, 7) is 0. The van der Waals surface area contributed by atoms with Crippen molar-refractivity contribution in [1.82, 2.24) is 14.7 Å². The number of carbonyl (C=O) groups excluding carboxylic acids is 1. The van der Waals surface area contributed by atoms with Crippen LogP contribution < -0.4 is 5.48 Å². The maximum Gasteiger partial charge on any atom is 0.350 e. The second-order valence-electron chi connectivity index (χ2n) is 2.00. The number of nitrogens with one attached hydrogen (secondary N) is 1. The van der Waals surface area contributed by atoms with Crippen LogP contribution in [0, 0.1) is 0 Å². The fourth-order valence-corrected chi connectivity index (χ4v) is 1.85. The molecular weight excluding hydrogens is 202 g/mol. The highest BCUT2D eigenvalue weighted by atomic mass is 32.2. The minimum atomic E-state index is -1.07. The Bertz CT molecular complexity index is 224. The summed E-state index contributed by atoms with van der Waals surface area (Å²) in [6, 6.07) is -0.843. The molecule has 0 aliphatic carbocycles. The first-order chi connectivity index (χ1) is 5.57. The molecule has 1 unspecified atom stereocenters. The Morgan fingerprint density at radius 1 is 1.83 bits per heavy atom. The van der Waals surface area contributed by atoms with Crippen molar-refractivity contribution in [1.29, 1.82) is 0 Å². The van der Waals surface area contributed by atoms with E-state index in [9.17, 15) is 9.90 Å². The zero-order valence-corrected chi connectivity index (χ0v) is 7.72. The highest BCUT2D eigenvalue weighted by Crippen LogP contribution is 2.27. The molecule has 3 N–H and O–H groups in total. The molecular formula is C4H7N3O3S2. The van der Waals surface area contributed by atoms with Gasteiger partial charge in [0.15, 0.2) is 5.11 Å². The number of carbonyl (C=O) groups is 1. The molecule has 1 rings (SSSR count). The van der Waals surface area contributed by atoms with Crippen LogP contribution in [0.15, 0.2) is 0 Å². The molecule has 68 valence electrons. The number of nitrogens with zero attached hydrogens (tertiary/aromatic N) is 2. The Balaban J connectivity index is 2.76. The molecule has 0 aromatic carbocycles. The predicted octanol–water partition coefficient (Wildman–Crippen LogP) is -0.458. The van der Waals surface area contributed by atoms with Gasteiger partial charge in [0.05, 0.1) is 0 Å². The van der Waals surface area contributed by atoms with Gasteiger partial charge in [0, 0.05) is 19.0 Å². The molecule has 0 aromatic rings. The van der Waals surface area contributed by atoms with Crippen LogP contribution in [0.2, 0.25) is 0 Å². The molecule has 2 amide bonds. The molecule has 1 fully saturated rings. The Hall–Kier alpha value is -0.570. The number of rotatable bonds is 0. The Kier molecular flexibility index (Phi) is 2.73. The van der Waals surface area contributed by atoms with Crippen LogP contribution in [0.4, 0.5) is 4.79 Å². The Morgan fingerprint density at radius 2 is 2.42 bits per heavy atom. The molecule has 1 atom stereocenters. The second kappa shape index (κ2) is 3.44. The summed E-state index contributed by atoms with van der Waals surface area (Å²) in [6.07, 6.45) is 0. The summed E-state index contributed by atoms with van der Waals surface area (Å²) in [7, 11) is 1.61. The maximum absolute atomic E-state index is 10.9. The van der Waals surface area contributed by atoms with Crippen molar-refractivity contribution in [3.63, 3.8) is 0 Å². The summed E-state index contributed by atoms with van der Waals surface area (Å²) < 4.78 is 1.45. The van der Waals surface area contributed by atoms with Crippen molar-refractivity contribution < 1.29 is 15.1 Å². The quantitative estimate of drug-likeness (QED) is 0.217. The Morgan fingerprint density at radius 3 is 2.75 bits per heavy atom. The van der Waals surface area contributed by atoms with E-state index in [-0.39, 0.29) is 5.11 Å². The van der Waals surface area contributed by atoms with Crippen molar-refractivity contribution in [2.45, 2.75) is 5.56 Å². The van der Waals surface area contributed by atoms with E-state index >= 15 is 0 Å². The molecule has 1 heterocycles. The van der Waals surface area contributed by atoms with Gasteiger partial charge in [0.2, 0.25) is 5.56 Å². The summed E-state index contributed by atoms with van der Waals surface area (Å²) >= 11 is 5.76.